The molecule has 0 aliphatic carbocycles. The van der Waals surface area contributed by atoms with Gasteiger partial charge in [0.05, 0.1) is 14.2 Å². The van der Waals surface area contributed by atoms with E-state index in [1.807, 2.05) is 32.0 Å². The Balaban J connectivity index is 1.88. The van der Waals surface area contributed by atoms with Crippen molar-refractivity contribution in [3.8, 4) is 11.5 Å². The van der Waals surface area contributed by atoms with Crippen LogP contribution in [0.3, 0.4) is 0 Å². The summed E-state index contributed by atoms with van der Waals surface area (Å²) in [5, 5.41) is 3.95. The third kappa shape index (κ3) is 2.80. The van der Waals surface area contributed by atoms with Gasteiger partial charge in [-0.3, -0.25) is 4.79 Å². The topological polar surface area (TPSA) is 63.3 Å². The quantitative estimate of drug-likeness (QED) is 0.761. The van der Waals surface area contributed by atoms with Crippen LogP contribution in [0.25, 0.3) is 10.9 Å². The molecule has 0 atom stereocenters. The van der Waals surface area contributed by atoms with Crippen molar-refractivity contribution in [3.05, 3.63) is 53.2 Å². The maximum absolute atomic E-state index is 12.5. The van der Waals surface area contributed by atoms with Gasteiger partial charge in [0, 0.05) is 33.9 Å². The average molecular weight is 324 g/mol. The SMILES string of the molecule is COc1ccc(NC(=O)c2ccc3[nH]c(C)c(C)c3c2)cc1OC. The Bertz CT molecular complexity index is 912. The number of anilines is 1. The normalized spacial score (nSPS) is 10.7. The summed E-state index contributed by atoms with van der Waals surface area (Å²) in [7, 11) is 3.14. The van der Waals surface area contributed by atoms with Crippen molar-refractivity contribution in [2.24, 2.45) is 0 Å². The predicted molar refractivity (Wildman–Crippen MR) is 95.3 cm³/mol. The van der Waals surface area contributed by atoms with Crippen molar-refractivity contribution >= 4 is 22.5 Å². The summed E-state index contributed by atoms with van der Waals surface area (Å²) < 4.78 is 10.5. The lowest BCUT2D eigenvalue weighted by atomic mass is 10.1. The molecule has 5 heteroatoms. The van der Waals surface area contributed by atoms with E-state index in [1.54, 1.807) is 32.4 Å². The van der Waals surface area contributed by atoms with Gasteiger partial charge in [-0.05, 0) is 49.7 Å². The van der Waals surface area contributed by atoms with Crippen molar-refractivity contribution in [3.63, 3.8) is 0 Å². The van der Waals surface area contributed by atoms with Crippen LogP contribution in [0.2, 0.25) is 0 Å². The van der Waals surface area contributed by atoms with Gasteiger partial charge < -0.3 is 19.8 Å². The molecule has 2 N–H and O–H groups in total. The second-order valence-corrected chi connectivity index (χ2v) is 5.66. The first-order chi connectivity index (χ1) is 11.5. The highest BCUT2D eigenvalue weighted by atomic mass is 16.5. The lowest BCUT2D eigenvalue weighted by molar-refractivity contribution is 0.102. The lowest BCUT2D eigenvalue weighted by Gasteiger charge is -2.10. The second kappa shape index (κ2) is 6.28. The molecule has 0 fully saturated rings. The highest BCUT2D eigenvalue weighted by molar-refractivity contribution is 6.06. The maximum Gasteiger partial charge on any atom is 0.255 e. The van der Waals surface area contributed by atoms with Gasteiger partial charge in [0.25, 0.3) is 5.91 Å². The standard InChI is InChI=1S/C19H20N2O3/c1-11-12(2)20-16-7-5-13(9-15(11)16)19(22)21-14-6-8-17(23-3)18(10-14)24-4/h5-10,20H,1-4H3,(H,21,22). The van der Waals surface area contributed by atoms with Crippen LogP contribution < -0.4 is 14.8 Å². The van der Waals surface area contributed by atoms with Gasteiger partial charge in [0.15, 0.2) is 11.5 Å². The van der Waals surface area contributed by atoms with Crippen LogP contribution in [-0.4, -0.2) is 25.1 Å². The number of nitrogens with one attached hydrogen (secondary N) is 2. The van der Waals surface area contributed by atoms with Gasteiger partial charge in [-0.1, -0.05) is 0 Å². The number of carbonyl (C=O) groups excluding carboxylic acids is 1. The van der Waals surface area contributed by atoms with E-state index in [2.05, 4.69) is 10.3 Å². The molecular formula is C19H20N2O3. The van der Waals surface area contributed by atoms with E-state index in [-0.39, 0.29) is 5.91 Å². The molecule has 2 aromatic carbocycles. The Morgan fingerprint density at radius 2 is 1.75 bits per heavy atom. The molecular weight excluding hydrogens is 304 g/mol. The number of hydrogen-bond donors (Lipinski definition) is 2. The molecule has 0 radical (unpaired) electrons. The Labute approximate surface area is 140 Å². The largest absolute Gasteiger partial charge is 0.493 e. The molecule has 0 saturated heterocycles. The molecule has 24 heavy (non-hydrogen) atoms. The third-order valence-electron chi connectivity index (χ3n) is 4.21. The molecule has 1 heterocycles. The lowest BCUT2D eigenvalue weighted by Crippen LogP contribution is -2.11. The van der Waals surface area contributed by atoms with Crippen LogP contribution in [0.5, 0.6) is 11.5 Å². The molecule has 0 unspecified atom stereocenters. The number of H-pyrrole nitrogens is 1. The summed E-state index contributed by atoms with van der Waals surface area (Å²) in [6.07, 6.45) is 0. The number of aryl methyl sites for hydroxylation is 2. The summed E-state index contributed by atoms with van der Waals surface area (Å²) in [5.74, 6) is 1.03. The zero-order chi connectivity index (χ0) is 17.3. The van der Waals surface area contributed by atoms with Crippen molar-refractivity contribution in [1.29, 1.82) is 0 Å². The van der Waals surface area contributed by atoms with Crippen molar-refractivity contribution in [1.82, 2.24) is 4.98 Å². The average Bonchev–Trinajstić information content (AvgIpc) is 2.88. The molecule has 1 amide bonds. The Morgan fingerprint density at radius 1 is 1.00 bits per heavy atom. The van der Waals surface area contributed by atoms with Crippen LogP contribution in [-0.2, 0) is 0 Å². The van der Waals surface area contributed by atoms with E-state index in [4.69, 9.17) is 9.47 Å². The van der Waals surface area contributed by atoms with Gasteiger partial charge in [-0.15, -0.1) is 0 Å². The number of aromatic nitrogens is 1. The van der Waals surface area contributed by atoms with Crippen molar-refractivity contribution < 1.29 is 14.3 Å². The first kappa shape index (κ1) is 15.9. The fourth-order valence-electron chi connectivity index (χ4n) is 2.72. The summed E-state index contributed by atoms with van der Waals surface area (Å²) in [6, 6.07) is 10.9. The number of carbonyl (C=O) groups is 1. The van der Waals surface area contributed by atoms with Crippen LogP contribution in [0.4, 0.5) is 5.69 Å². The molecule has 124 valence electrons. The summed E-state index contributed by atoms with van der Waals surface area (Å²) in [4.78, 5) is 15.8. The highest BCUT2D eigenvalue weighted by Gasteiger charge is 2.12. The van der Waals surface area contributed by atoms with Crippen molar-refractivity contribution in [2.45, 2.75) is 13.8 Å². The Hall–Kier alpha value is -2.95. The smallest absolute Gasteiger partial charge is 0.255 e. The first-order valence-corrected chi connectivity index (χ1v) is 7.65. The number of benzene rings is 2. The summed E-state index contributed by atoms with van der Waals surface area (Å²) in [5.41, 5.74) is 4.57. The number of hydrogen-bond acceptors (Lipinski definition) is 3. The van der Waals surface area contributed by atoms with Crippen LogP contribution in [0.1, 0.15) is 21.6 Å². The van der Waals surface area contributed by atoms with Crippen molar-refractivity contribution in [2.75, 3.05) is 19.5 Å². The fraction of sp³-hybridized carbons (Fsp3) is 0.211. The van der Waals surface area contributed by atoms with Crippen LogP contribution in [0.15, 0.2) is 36.4 Å². The van der Waals surface area contributed by atoms with Crippen LogP contribution in [0, 0.1) is 13.8 Å². The number of methoxy groups -OCH3 is 2. The Morgan fingerprint density at radius 3 is 2.46 bits per heavy atom. The molecule has 0 saturated carbocycles. The number of amides is 1. The third-order valence-corrected chi connectivity index (χ3v) is 4.21. The minimum Gasteiger partial charge on any atom is -0.493 e. The predicted octanol–water partition coefficient (Wildman–Crippen LogP) is 4.05. The Kier molecular flexibility index (Phi) is 4.16. The number of fused-ring (bicyclic) bond motifs is 1. The van der Waals surface area contributed by atoms with E-state index in [1.165, 1.54) is 0 Å². The number of ether oxygens (including phenoxy) is 2. The van der Waals surface area contributed by atoms with Gasteiger partial charge in [0.1, 0.15) is 0 Å². The molecule has 5 nitrogen and oxygen atoms in total. The molecule has 0 aliphatic rings. The molecule has 0 bridgehead atoms. The van der Waals surface area contributed by atoms with Gasteiger partial charge in [-0.2, -0.15) is 0 Å². The first-order valence-electron chi connectivity index (χ1n) is 7.65. The molecule has 0 spiro atoms. The van der Waals surface area contributed by atoms with E-state index >= 15 is 0 Å². The minimum atomic E-state index is -0.164. The van der Waals surface area contributed by atoms with Crippen LogP contribution >= 0.6 is 0 Å². The van der Waals surface area contributed by atoms with Gasteiger partial charge >= 0.3 is 0 Å². The molecule has 0 aliphatic heterocycles. The van der Waals surface area contributed by atoms with E-state index in [9.17, 15) is 4.79 Å². The molecule has 1 aromatic heterocycles. The summed E-state index contributed by atoms with van der Waals surface area (Å²) >= 11 is 0. The maximum atomic E-state index is 12.5. The second-order valence-electron chi connectivity index (χ2n) is 5.66. The van der Waals surface area contributed by atoms with E-state index in [0.29, 0.717) is 22.7 Å². The number of rotatable bonds is 4. The van der Waals surface area contributed by atoms with E-state index in [0.717, 1.165) is 22.2 Å². The number of aromatic amines is 1. The van der Waals surface area contributed by atoms with Gasteiger partial charge in [0.2, 0.25) is 0 Å². The summed E-state index contributed by atoms with van der Waals surface area (Å²) in [6.45, 7) is 4.07. The van der Waals surface area contributed by atoms with Gasteiger partial charge in [-0.25, -0.2) is 0 Å². The molecule has 3 aromatic rings. The zero-order valence-electron chi connectivity index (χ0n) is 14.2. The van der Waals surface area contributed by atoms with E-state index < -0.39 is 0 Å². The monoisotopic (exact) mass is 324 g/mol. The highest BCUT2D eigenvalue weighted by Crippen LogP contribution is 2.30. The fourth-order valence-corrected chi connectivity index (χ4v) is 2.72. The minimum absolute atomic E-state index is 0.164. The molecule has 3 rings (SSSR count). The zero-order valence-corrected chi connectivity index (χ0v) is 14.2.